The third kappa shape index (κ3) is 1.65. The summed E-state index contributed by atoms with van der Waals surface area (Å²) in [6.07, 6.45) is -0.452. The van der Waals surface area contributed by atoms with E-state index in [1.807, 2.05) is 0 Å². The Balaban J connectivity index is 3.22. The zero-order valence-corrected chi connectivity index (χ0v) is 7.39. The number of aromatic nitrogens is 2. The number of nitrogens with zero attached hydrogens (tertiary/aromatic N) is 2. The highest BCUT2D eigenvalue weighted by Gasteiger charge is 2.21. The first-order valence-corrected chi connectivity index (χ1v) is 3.70. The fourth-order valence-electron chi connectivity index (χ4n) is 1.09. The Bertz CT molecular complexity index is 396. The molecule has 0 aliphatic rings. The minimum Gasteiger partial charge on any atom is -0.481 e. The third-order valence-corrected chi connectivity index (χ3v) is 1.70. The standard InChI is InChI=1S/C7H9N3O4/c1-10-6(8)5(7(13)14)3(9-10)2-4(11)12/h2,8H2,1H3,(H,11,12)(H,13,14). The van der Waals surface area contributed by atoms with Gasteiger partial charge in [-0.2, -0.15) is 5.10 Å². The van der Waals surface area contributed by atoms with Gasteiger partial charge in [-0.1, -0.05) is 0 Å². The Morgan fingerprint density at radius 3 is 2.50 bits per heavy atom. The molecule has 0 aliphatic carbocycles. The van der Waals surface area contributed by atoms with Gasteiger partial charge in [0.15, 0.2) is 0 Å². The van der Waals surface area contributed by atoms with E-state index < -0.39 is 18.4 Å². The van der Waals surface area contributed by atoms with Crippen molar-refractivity contribution in [1.29, 1.82) is 0 Å². The maximum atomic E-state index is 10.7. The van der Waals surface area contributed by atoms with Crippen LogP contribution in [0, 0.1) is 0 Å². The molecular formula is C7H9N3O4. The first-order chi connectivity index (χ1) is 6.43. The van der Waals surface area contributed by atoms with Crippen LogP contribution >= 0.6 is 0 Å². The molecule has 1 aromatic heterocycles. The average molecular weight is 199 g/mol. The molecule has 0 bridgehead atoms. The Morgan fingerprint density at radius 1 is 1.50 bits per heavy atom. The second-order valence-corrected chi connectivity index (χ2v) is 2.71. The summed E-state index contributed by atoms with van der Waals surface area (Å²) in [5.74, 6) is -2.47. The SMILES string of the molecule is Cn1nc(CC(=O)O)c(C(=O)O)c1N. The molecule has 0 unspecified atom stereocenters. The second-order valence-electron chi connectivity index (χ2n) is 2.71. The number of rotatable bonds is 3. The van der Waals surface area contributed by atoms with Crippen LogP contribution in [0.5, 0.6) is 0 Å². The van der Waals surface area contributed by atoms with Gasteiger partial charge in [0.1, 0.15) is 11.4 Å². The number of hydrogen-bond donors (Lipinski definition) is 3. The number of hydrogen-bond acceptors (Lipinski definition) is 4. The topological polar surface area (TPSA) is 118 Å². The van der Waals surface area contributed by atoms with Gasteiger partial charge in [0.25, 0.3) is 0 Å². The van der Waals surface area contributed by atoms with E-state index in [-0.39, 0.29) is 17.1 Å². The maximum absolute atomic E-state index is 10.7. The highest BCUT2D eigenvalue weighted by atomic mass is 16.4. The van der Waals surface area contributed by atoms with E-state index in [2.05, 4.69) is 5.10 Å². The van der Waals surface area contributed by atoms with E-state index in [4.69, 9.17) is 15.9 Å². The van der Waals surface area contributed by atoms with Crippen LogP contribution in [0.2, 0.25) is 0 Å². The van der Waals surface area contributed by atoms with Crippen molar-refractivity contribution in [2.45, 2.75) is 6.42 Å². The van der Waals surface area contributed by atoms with Gasteiger partial charge in [-0.05, 0) is 0 Å². The van der Waals surface area contributed by atoms with Gasteiger partial charge in [-0.3, -0.25) is 9.48 Å². The van der Waals surface area contributed by atoms with Crippen LogP contribution < -0.4 is 5.73 Å². The molecule has 0 aliphatic heterocycles. The Morgan fingerprint density at radius 2 is 2.07 bits per heavy atom. The van der Waals surface area contributed by atoms with Crippen LogP contribution in [0.1, 0.15) is 16.1 Å². The van der Waals surface area contributed by atoms with Crippen LogP contribution in [-0.2, 0) is 18.3 Å². The van der Waals surface area contributed by atoms with E-state index >= 15 is 0 Å². The van der Waals surface area contributed by atoms with Crippen molar-refractivity contribution < 1.29 is 19.8 Å². The summed E-state index contributed by atoms with van der Waals surface area (Å²) < 4.78 is 1.14. The van der Waals surface area contributed by atoms with Crippen molar-refractivity contribution in [1.82, 2.24) is 9.78 Å². The van der Waals surface area contributed by atoms with Crippen molar-refractivity contribution in [3.8, 4) is 0 Å². The fourth-order valence-corrected chi connectivity index (χ4v) is 1.09. The van der Waals surface area contributed by atoms with Gasteiger partial charge in [0.2, 0.25) is 0 Å². The van der Waals surface area contributed by atoms with Crippen molar-refractivity contribution in [3.05, 3.63) is 11.3 Å². The molecule has 1 aromatic rings. The molecule has 0 saturated carbocycles. The molecule has 0 aromatic carbocycles. The van der Waals surface area contributed by atoms with Gasteiger partial charge in [-0.15, -0.1) is 0 Å². The predicted octanol–water partition coefficient (Wildman–Crippen LogP) is -0.672. The van der Waals surface area contributed by atoms with Gasteiger partial charge in [0.05, 0.1) is 12.1 Å². The van der Waals surface area contributed by atoms with Gasteiger partial charge >= 0.3 is 11.9 Å². The number of carbonyl (C=O) groups is 2. The number of anilines is 1. The van der Waals surface area contributed by atoms with Crippen LogP contribution in [0.4, 0.5) is 5.82 Å². The molecule has 76 valence electrons. The molecule has 0 saturated heterocycles. The number of nitrogen functional groups attached to an aromatic ring is 1. The molecule has 14 heavy (non-hydrogen) atoms. The summed E-state index contributed by atoms with van der Waals surface area (Å²) in [5.41, 5.74) is 5.13. The van der Waals surface area contributed by atoms with Crippen molar-refractivity contribution in [2.24, 2.45) is 7.05 Å². The van der Waals surface area contributed by atoms with E-state index in [1.165, 1.54) is 7.05 Å². The molecule has 0 spiro atoms. The van der Waals surface area contributed by atoms with Gasteiger partial charge in [-0.25, -0.2) is 4.79 Å². The van der Waals surface area contributed by atoms with E-state index in [0.717, 1.165) is 4.68 Å². The second kappa shape index (κ2) is 3.36. The molecule has 1 heterocycles. The summed E-state index contributed by atoms with van der Waals surface area (Å²) in [7, 11) is 1.45. The minimum atomic E-state index is -1.27. The lowest BCUT2D eigenvalue weighted by molar-refractivity contribution is -0.136. The quantitative estimate of drug-likeness (QED) is 0.593. The van der Waals surface area contributed by atoms with Gasteiger partial charge in [0, 0.05) is 7.05 Å². The maximum Gasteiger partial charge on any atom is 0.341 e. The molecule has 4 N–H and O–H groups in total. The highest BCUT2D eigenvalue weighted by molar-refractivity contribution is 5.95. The molecule has 1 rings (SSSR count). The molecule has 0 fully saturated rings. The Kier molecular flexibility index (Phi) is 2.41. The van der Waals surface area contributed by atoms with Crippen molar-refractivity contribution >= 4 is 17.8 Å². The first kappa shape index (κ1) is 10.0. The van der Waals surface area contributed by atoms with E-state index in [0.29, 0.717) is 0 Å². The minimum absolute atomic E-state index is 0.0370. The normalized spacial score (nSPS) is 10.1. The van der Waals surface area contributed by atoms with Crippen LogP contribution in [0.25, 0.3) is 0 Å². The molecule has 7 nitrogen and oxygen atoms in total. The summed E-state index contributed by atoms with van der Waals surface area (Å²) in [5, 5.41) is 20.9. The fraction of sp³-hybridized carbons (Fsp3) is 0.286. The molecule has 0 atom stereocenters. The number of carboxylic acid groups (broad SMARTS) is 2. The number of nitrogens with two attached hydrogens (primary N) is 1. The molecular weight excluding hydrogens is 190 g/mol. The smallest absolute Gasteiger partial charge is 0.341 e. The van der Waals surface area contributed by atoms with Crippen LogP contribution in [0.15, 0.2) is 0 Å². The largest absolute Gasteiger partial charge is 0.481 e. The number of aryl methyl sites for hydroxylation is 1. The lowest BCUT2D eigenvalue weighted by Crippen LogP contribution is -2.08. The molecule has 7 heteroatoms. The Hall–Kier alpha value is -2.05. The first-order valence-electron chi connectivity index (χ1n) is 3.70. The van der Waals surface area contributed by atoms with E-state index in [9.17, 15) is 9.59 Å². The summed E-state index contributed by atoms with van der Waals surface area (Å²) >= 11 is 0. The van der Waals surface area contributed by atoms with Crippen molar-refractivity contribution in [2.75, 3.05) is 5.73 Å². The number of aliphatic carboxylic acids is 1. The zero-order valence-electron chi connectivity index (χ0n) is 7.39. The van der Waals surface area contributed by atoms with Crippen molar-refractivity contribution in [3.63, 3.8) is 0 Å². The predicted molar refractivity (Wildman–Crippen MR) is 45.9 cm³/mol. The lowest BCUT2D eigenvalue weighted by atomic mass is 10.2. The Labute approximate surface area is 78.7 Å². The zero-order chi connectivity index (χ0) is 10.9. The average Bonchev–Trinajstić information content (AvgIpc) is 2.26. The monoisotopic (exact) mass is 199 g/mol. The highest BCUT2D eigenvalue weighted by Crippen LogP contribution is 2.16. The summed E-state index contributed by atoms with van der Waals surface area (Å²) in [4.78, 5) is 21.1. The van der Waals surface area contributed by atoms with Crippen LogP contribution in [-0.4, -0.2) is 31.9 Å². The third-order valence-electron chi connectivity index (χ3n) is 1.70. The molecule has 0 amide bonds. The van der Waals surface area contributed by atoms with Crippen LogP contribution in [0.3, 0.4) is 0 Å². The molecule has 0 radical (unpaired) electrons. The number of carboxylic acids is 2. The number of aromatic carboxylic acids is 1. The van der Waals surface area contributed by atoms with E-state index in [1.54, 1.807) is 0 Å². The lowest BCUT2D eigenvalue weighted by Gasteiger charge is -1.94. The van der Waals surface area contributed by atoms with Gasteiger partial charge < -0.3 is 15.9 Å². The summed E-state index contributed by atoms with van der Waals surface area (Å²) in [6.45, 7) is 0. The summed E-state index contributed by atoms with van der Waals surface area (Å²) in [6, 6.07) is 0.